The van der Waals surface area contributed by atoms with Crippen LogP contribution in [-0.4, -0.2) is 6.10 Å². The Morgan fingerprint density at radius 1 is 1.14 bits per heavy atom. The standard InChI is InChI=1S/C15H13F3N2O/c16-15(17,18)13-7-12(6-5-10(13)8-19)21-14-4-2-1-3-11(14)9-20/h5-7,11,14H,1-4H2/t11?,14-/m1/s1. The molecule has 0 aliphatic heterocycles. The largest absolute Gasteiger partial charge is 0.489 e. The van der Waals surface area contributed by atoms with Crippen LogP contribution in [0.15, 0.2) is 18.2 Å². The first-order valence-corrected chi connectivity index (χ1v) is 6.63. The highest BCUT2D eigenvalue weighted by Gasteiger charge is 2.34. The molecule has 6 heteroatoms. The number of hydrogen-bond acceptors (Lipinski definition) is 3. The van der Waals surface area contributed by atoms with E-state index in [0.29, 0.717) is 12.8 Å². The predicted molar refractivity (Wildman–Crippen MR) is 68.1 cm³/mol. The van der Waals surface area contributed by atoms with Gasteiger partial charge in [0.1, 0.15) is 11.9 Å². The molecule has 0 saturated heterocycles. The van der Waals surface area contributed by atoms with Crippen molar-refractivity contribution in [3.63, 3.8) is 0 Å². The molecule has 1 saturated carbocycles. The Balaban J connectivity index is 2.25. The molecule has 1 aromatic rings. The van der Waals surface area contributed by atoms with E-state index in [2.05, 4.69) is 6.07 Å². The van der Waals surface area contributed by atoms with Gasteiger partial charge in [0.25, 0.3) is 0 Å². The summed E-state index contributed by atoms with van der Waals surface area (Å²) in [4.78, 5) is 0. The summed E-state index contributed by atoms with van der Waals surface area (Å²) >= 11 is 0. The van der Waals surface area contributed by atoms with Crippen molar-refractivity contribution >= 4 is 0 Å². The molecule has 1 aromatic carbocycles. The van der Waals surface area contributed by atoms with Crippen LogP contribution in [0.1, 0.15) is 36.8 Å². The Bertz CT molecular complexity index is 598. The zero-order valence-corrected chi connectivity index (χ0v) is 11.2. The van der Waals surface area contributed by atoms with Gasteiger partial charge >= 0.3 is 6.18 Å². The first-order valence-electron chi connectivity index (χ1n) is 6.63. The van der Waals surface area contributed by atoms with Gasteiger partial charge < -0.3 is 4.74 Å². The summed E-state index contributed by atoms with van der Waals surface area (Å²) in [6.45, 7) is 0. The third kappa shape index (κ3) is 3.46. The summed E-state index contributed by atoms with van der Waals surface area (Å²) in [5.41, 5.74) is -1.44. The van der Waals surface area contributed by atoms with Gasteiger partial charge in [-0.25, -0.2) is 0 Å². The lowest BCUT2D eigenvalue weighted by molar-refractivity contribution is -0.137. The molecule has 0 radical (unpaired) electrons. The topological polar surface area (TPSA) is 56.8 Å². The minimum Gasteiger partial charge on any atom is -0.489 e. The van der Waals surface area contributed by atoms with Crippen LogP contribution in [-0.2, 0) is 6.18 Å². The number of alkyl halides is 3. The lowest BCUT2D eigenvalue weighted by atomic mass is 9.87. The molecule has 1 unspecified atom stereocenters. The second kappa shape index (κ2) is 6.05. The summed E-state index contributed by atoms with van der Waals surface area (Å²) in [6, 6.07) is 6.95. The molecular formula is C15H13F3N2O. The van der Waals surface area contributed by atoms with E-state index >= 15 is 0 Å². The SMILES string of the molecule is N#Cc1ccc(O[C@@H]2CCCCC2C#N)cc1C(F)(F)F. The highest BCUT2D eigenvalue weighted by Crippen LogP contribution is 2.35. The molecule has 110 valence electrons. The number of nitriles is 2. The lowest BCUT2D eigenvalue weighted by Gasteiger charge is -2.27. The van der Waals surface area contributed by atoms with Gasteiger partial charge in [-0.3, -0.25) is 0 Å². The fourth-order valence-electron chi connectivity index (χ4n) is 2.49. The van der Waals surface area contributed by atoms with E-state index in [0.717, 1.165) is 25.0 Å². The van der Waals surface area contributed by atoms with Gasteiger partial charge in [0.2, 0.25) is 0 Å². The normalized spacial score (nSPS) is 22.1. The monoisotopic (exact) mass is 294 g/mol. The summed E-state index contributed by atoms with van der Waals surface area (Å²) in [5, 5.41) is 17.8. The molecule has 0 aromatic heterocycles. The Morgan fingerprint density at radius 2 is 1.86 bits per heavy atom. The second-order valence-electron chi connectivity index (χ2n) is 4.99. The van der Waals surface area contributed by atoms with Gasteiger partial charge in [0.15, 0.2) is 0 Å². The van der Waals surface area contributed by atoms with Crippen molar-refractivity contribution in [3.05, 3.63) is 29.3 Å². The van der Waals surface area contributed by atoms with Crippen molar-refractivity contribution in [1.29, 1.82) is 10.5 Å². The Kier molecular flexibility index (Phi) is 4.37. The highest BCUT2D eigenvalue weighted by molar-refractivity contribution is 5.44. The van der Waals surface area contributed by atoms with Crippen molar-refractivity contribution < 1.29 is 17.9 Å². The fourth-order valence-corrected chi connectivity index (χ4v) is 2.49. The maximum atomic E-state index is 12.9. The number of halogens is 3. The van der Waals surface area contributed by atoms with Crippen LogP contribution in [0.4, 0.5) is 13.2 Å². The minimum atomic E-state index is -4.61. The van der Waals surface area contributed by atoms with Crippen LogP contribution in [0.3, 0.4) is 0 Å². The molecule has 0 bridgehead atoms. The first kappa shape index (κ1) is 15.2. The van der Waals surface area contributed by atoms with Gasteiger partial charge in [0.05, 0.1) is 29.2 Å². The van der Waals surface area contributed by atoms with Crippen molar-refractivity contribution in [3.8, 4) is 17.9 Å². The number of rotatable bonds is 2. The Labute approximate surface area is 120 Å². The van der Waals surface area contributed by atoms with Crippen molar-refractivity contribution in [2.24, 2.45) is 5.92 Å². The van der Waals surface area contributed by atoms with E-state index in [4.69, 9.17) is 15.3 Å². The van der Waals surface area contributed by atoms with E-state index in [1.165, 1.54) is 12.1 Å². The highest BCUT2D eigenvalue weighted by atomic mass is 19.4. The van der Waals surface area contributed by atoms with E-state index in [9.17, 15) is 13.2 Å². The predicted octanol–water partition coefficient (Wildman–Crippen LogP) is 4.04. The zero-order valence-electron chi connectivity index (χ0n) is 11.2. The van der Waals surface area contributed by atoms with E-state index in [1.54, 1.807) is 0 Å². The average Bonchev–Trinajstić information content (AvgIpc) is 2.47. The van der Waals surface area contributed by atoms with Crippen LogP contribution in [0, 0.1) is 28.6 Å². The molecule has 1 aliphatic carbocycles. The molecule has 0 amide bonds. The molecule has 0 N–H and O–H groups in total. The smallest absolute Gasteiger partial charge is 0.417 e. The average molecular weight is 294 g/mol. The number of benzene rings is 1. The molecule has 0 spiro atoms. The van der Waals surface area contributed by atoms with Gasteiger partial charge in [-0.15, -0.1) is 0 Å². The lowest BCUT2D eigenvalue weighted by Crippen LogP contribution is -2.29. The number of hydrogen-bond donors (Lipinski definition) is 0. The molecule has 21 heavy (non-hydrogen) atoms. The molecule has 2 rings (SSSR count). The van der Waals surface area contributed by atoms with E-state index in [-0.39, 0.29) is 11.7 Å². The van der Waals surface area contributed by atoms with Crippen LogP contribution in [0.5, 0.6) is 5.75 Å². The Morgan fingerprint density at radius 3 is 2.48 bits per heavy atom. The van der Waals surface area contributed by atoms with Gasteiger partial charge in [-0.05, 0) is 37.5 Å². The van der Waals surface area contributed by atoms with Crippen molar-refractivity contribution in [1.82, 2.24) is 0 Å². The minimum absolute atomic E-state index is 0.0495. The molecule has 1 fully saturated rings. The van der Waals surface area contributed by atoms with Crippen molar-refractivity contribution in [2.45, 2.75) is 38.0 Å². The third-order valence-electron chi connectivity index (χ3n) is 3.57. The fraction of sp³-hybridized carbons (Fsp3) is 0.467. The maximum Gasteiger partial charge on any atom is 0.417 e. The van der Waals surface area contributed by atoms with Crippen LogP contribution in [0.2, 0.25) is 0 Å². The molecule has 2 atom stereocenters. The summed E-state index contributed by atoms with van der Waals surface area (Å²) in [5.74, 6) is -0.253. The molecular weight excluding hydrogens is 281 g/mol. The van der Waals surface area contributed by atoms with Crippen LogP contribution >= 0.6 is 0 Å². The van der Waals surface area contributed by atoms with Crippen LogP contribution < -0.4 is 4.74 Å². The van der Waals surface area contributed by atoms with Crippen molar-refractivity contribution in [2.75, 3.05) is 0 Å². The number of nitrogens with zero attached hydrogens (tertiary/aromatic N) is 2. The summed E-state index contributed by atoms with van der Waals surface area (Å²) in [7, 11) is 0. The Hall–Kier alpha value is -2.21. The van der Waals surface area contributed by atoms with Gasteiger partial charge in [0, 0.05) is 0 Å². The quantitative estimate of drug-likeness (QED) is 0.827. The number of ether oxygens (including phenoxy) is 1. The second-order valence-corrected chi connectivity index (χ2v) is 4.99. The molecule has 3 nitrogen and oxygen atoms in total. The zero-order chi connectivity index (χ0) is 15.5. The first-order chi connectivity index (χ1) is 9.95. The summed E-state index contributed by atoms with van der Waals surface area (Å²) in [6.07, 6.45) is -1.82. The molecule has 0 heterocycles. The molecule has 1 aliphatic rings. The van der Waals surface area contributed by atoms with E-state index < -0.39 is 23.4 Å². The maximum absolute atomic E-state index is 12.9. The summed E-state index contributed by atoms with van der Waals surface area (Å²) < 4.78 is 44.2. The third-order valence-corrected chi connectivity index (χ3v) is 3.57. The van der Waals surface area contributed by atoms with Crippen LogP contribution in [0.25, 0.3) is 0 Å². The van der Waals surface area contributed by atoms with Gasteiger partial charge in [-0.2, -0.15) is 23.7 Å². The van der Waals surface area contributed by atoms with Gasteiger partial charge in [-0.1, -0.05) is 6.42 Å². The van der Waals surface area contributed by atoms with E-state index in [1.807, 2.05) is 0 Å².